The van der Waals surface area contributed by atoms with E-state index in [9.17, 15) is 8.78 Å². The molecule has 0 radical (unpaired) electrons. The van der Waals surface area contributed by atoms with Crippen molar-refractivity contribution in [3.05, 3.63) is 107 Å². The van der Waals surface area contributed by atoms with Gasteiger partial charge in [-0.15, -0.1) is 12.4 Å². The molecule has 1 aliphatic rings. The molecule has 1 aromatic heterocycles. The zero-order chi connectivity index (χ0) is 23.7. The van der Waals surface area contributed by atoms with Crippen molar-refractivity contribution in [2.24, 2.45) is 0 Å². The summed E-state index contributed by atoms with van der Waals surface area (Å²) in [7, 11) is 4.14. The van der Waals surface area contributed by atoms with Gasteiger partial charge in [0, 0.05) is 29.9 Å². The van der Waals surface area contributed by atoms with Gasteiger partial charge in [-0.2, -0.15) is 0 Å². The van der Waals surface area contributed by atoms with E-state index in [1.807, 2.05) is 42.6 Å². The minimum absolute atomic E-state index is 0. The third-order valence-corrected chi connectivity index (χ3v) is 6.28. The van der Waals surface area contributed by atoms with Crippen molar-refractivity contribution < 1.29 is 8.78 Å². The van der Waals surface area contributed by atoms with Crippen LogP contribution in [0, 0.1) is 11.6 Å². The minimum Gasteiger partial charge on any atom is -0.324 e. The number of rotatable bonds is 6. The number of nitrogens with zero attached hydrogens (tertiary/aromatic N) is 3. The van der Waals surface area contributed by atoms with Crippen molar-refractivity contribution in [3.63, 3.8) is 0 Å². The second-order valence-corrected chi connectivity index (χ2v) is 8.96. The van der Waals surface area contributed by atoms with E-state index < -0.39 is 11.6 Å². The van der Waals surface area contributed by atoms with Crippen LogP contribution in [-0.2, 0) is 12.8 Å². The highest BCUT2D eigenvalue weighted by Crippen LogP contribution is 2.42. The maximum atomic E-state index is 14.0. The molecule has 0 unspecified atom stereocenters. The van der Waals surface area contributed by atoms with Crippen molar-refractivity contribution in [3.8, 4) is 11.3 Å². The van der Waals surface area contributed by atoms with Crippen LogP contribution in [0.2, 0.25) is 0 Å². The molecular formula is C28H27ClF2N4. The van der Waals surface area contributed by atoms with Gasteiger partial charge in [-0.25, -0.2) is 18.7 Å². The van der Waals surface area contributed by atoms with Gasteiger partial charge in [0.1, 0.15) is 0 Å². The van der Waals surface area contributed by atoms with E-state index in [4.69, 9.17) is 4.98 Å². The number of fused-ring (bicyclic) bond motifs is 3. The fourth-order valence-electron chi connectivity index (χ4n) is 4.46. The van der Waals surface area contributed by atoms with Gasteiger partial charge in [-0.3, -0.25) is 0 Å². The second kappa shape index (κ2) is 10.5. The summed E-state index contributed by atoms with van der Waals surface area (Å²) in [5, 5.41) is 3.31. The predicted molar refractivity (Wildman–Crippen MR) is 139 cm³/mol. The first-order valence-corrected chi connectivity index (χ1v) is 11.4. The SMILES string of the molecule is CN(C)CCc1ccc(Nc2ncc3c(n2)-c2ccccc2[C@H](c2ccc(F)c(F)c2)C3)cc1.Cl. The van der Waals surface area contributed by atoms with Crippen LogP contribution in [0.25, 0.3) is 11.3 Å². The number of likely N-dealkylation sites (N-methyl/N-ethyl adjacent to an activating group) is 1. The lowest BCUT2D eigenvalue weighted by Crippen LogP contribution is -2.15. The van der Waals surface area contributed by atoms with Crippen molar-refractivity contribution in [1.29, 1.82) is 0 Å². The Labute approximate surface area is 210 Å². The van der Waals surface area contributed by atoms with Crippen LogP contribution in [0.15, 0.2) is 72.9 Å². The van der Waals surface area contributed by atoms with Gasteiger partial charge >= 0.3 is 0 Å². The molecule has 5 rings (SSSR count). The number of halogens is 3. The standard InChI is InChI=1S/C28H26F2N4.ClH/c1-34(2)14-13-18-7-10-21(11-8-18)32-28-31-17-20-15-24(19-9-12-25(29)26(30)16-19)22-5-3-4-6-23(22)27(20)33-28;/h3-12,16-17,24H,13-15H2,1-2H3,(H,31,32,33);1H/t24-;/m0./s1. The van der Waals surface area contributed by atoms with Crippen LogP contribution < -0.4 is 5.32 Å². The van der Waals surface area contributed by atoms with Crippen molar-refractivity contribution in [1.82, 2.24) is 14.9 Å². The lowest BCUT2D eigenvalue weighted by molar-refractivity contribution is 0.413. The molecule has 0 saturated carbocycles. The van der Waals surface area contributed by atoms with Crippen LogP contribution in [0.3, 0.4) is 0 Å². The second-order valence-electron chi connectivity index (χ2n) is 8.96. The summed E-state index contributed by atoms with van der Waals surface area (Å²) in [5.74, 6) is -1.22. The van der Waals surface area contributed by atoms with Gasteiger partial charge < -0.3 is 10.2 Å². The van der Waals surface area contributed by atoms with Crippen LogP contribution in [0.5, 0.6) is 0 Å². The molecule has 180 valence electrons. The van der Waals surface area contributed by atoms with E-state index >= 15 is 0 Å². The molecule has 4 aromatic rings. The fourth-order valence-corrected chi connectivity index (χ4v) is 4.46. The average Bonchev–Trinajstić information content (AvgIpc) is 2.85. The molecule has 0 fully saturated rings. The van der Waals surface area contributed by atoms with Crippen LogP contribution in [0.4, 0.5) is 20.4 Å². The summed E-state index contributed by atoms with van der Waals surface area (Å²) < 4.78 is 27.5. The summed E-state index contributed by atoms with van der Waals surface area (Å²) in [4.78, 5) is 11.5. The molecule has 0 amide bonds. The normalized spacial score (nSPS) is 14.1. The van der Waals surface area contributed by atoms with Crippen molar-refractivity contribution >= 4 is 24.0 Å². The van der Waals surface area contributed by atoms with Crippen molar-refractivity contribution in [2.75, 3.05) is 26.0 Å². The van der Waals surface area contributed by atoms with E-state index in [0.717, 1.165) is 46.6 Å². The van der Waals surface area contributed by atoms with Crippen LogP contribution in [0.1, 0.15) is 28.2 Å². The van der Waals surface area contributed by atoms with E-state index in [1.165, 1.54) is 17.7 Å². The number of aromatic nitrogens is 2. The maximum absolute atomic E-state index is 14.0. The lowest BCUT2D eigenvalue weighted by Gasteiger charge is -2.27. The first-order valence-electron chi connectivity index (χ1n) is 11.4. The van der Waals surface area contributed by atoms with Gasteiger partial charge in [-0.05, 0) is 73.5 Å². The molecule has 0 bridgehead atoms. The Morgan fingerprint density at radius 2 is 1.74 bits per heavy atom. The van der Waals surface area contributed by atoms with Gasteiger partial charge in [0.2, 0.25) is 5.95 Å². The molecule has 0 aliphatic heterocycles. The Morgan fingerprint density at radius 3 is 2.49 bits per heavy atom. The summed E-state index contributed by atoms with van der Waals surface area (Å²) in [6.45, 7) is 1.01. The molecular weight excluding hydrogens is 466 g/mol. The summed E-state index contributed by atoms with van der Waals surface area (Å²) >= 11 is 0. The first kappa shape index (κ1) is 24.8. The highest BCUT2D eigenvalue weighted by molar-refractivity contribution is 5.85. The van der Waals surface area contributed by atoms with Gasteiger partial charge in [0.25, 0.3) is 0 Å². The van der Waals surface area contributed by atoms with Crippen molar-refractivity contribution in [2.45, 2.75) is 18.8 Å². The monoisotopic (exact) mass is 492 g/mol. The molecule has 1 N–H and O–H groups in total. The van der Waals surface area contributed by atoms with Crippen LogP contribution in [-0.4, -0.2) is 35.5 Å². The van der Waals surface area contributed by atoms with E-state index in [0.29, 0.717) is 12.4 Å². The van der Waals surface area contributed by atoms with E-state index in [2.05, 4.69) is 41.4 Å². The molecule has 1 atom stereocenters. The highest BCUT2D eigenvalue weighted by atomic mass is 35.5. The minimum atomic E-state index is -0.835. The Balaban J connectivity index is 0.00000289. The lowest BCUT2D eigenvalue weighted by atomic mass is 9.78. The van der Waals surface area contributed by atoms with Gasteiger partial charge in [-0.1, -0.05) is 42.5 Å². The van der Waals surface area contributed by atoms with Gasteiger partial charge in [0.05, 0.1) is 5.69 Å². The third kappa shape index (κ3) is 5.34. The highest BCUT2D eigenvalue weighted by Gasteiger charge is 2.28. The molecule has 7 heteroatoms. The Hall–Kier alpha value is -3.35. The molecule has 0 saturated heterocycles. The quantitative estimate of drug-likeness (QED) is 0.339. The van der Waals surface area contributed by atoms with E-state index in [1.54, 1.807) is 6.07 Å². The topological polar surface area (TPSA) is 41.0 Å². The Bertz CT molecular complexity index is 1330. The number of anilines is 2. The third-order valence-electron chi connectivity index (χ3n) is 6.28. The molecule has 3 aromatic carbocycles. The maximum Gasteiger partial charge on any atom is 0.227 e. The number of hydrogen-bond acceptors (Lipinski definition) is 4. The molecule has 1 heterocycles. The molecule has 0 spiro atoms. The summed E-state index contributed by atoms with van der Waals surface area (Å²) in [6, 6.07) is 20.5. The molecule has 35 heavy (non-hydrogen) atoms. The zero-order valence-electron chi connectivity index (χ0n) is 19.6. The number of hydrogen-bond donors (Lipinski definition) is 1. The largest absolute Gasteiger partial charge is 0.324 e. The molecule has 1 aliphatic carbocycles. The van der Waals surface area contributed by atoms with Crippen LogP contribution >= 0.6 is 12.4 Å². The number of nitrogens with one attached hydrogen (secondary N) is 1. The number of benzene rings is 3. The van der Waals surface area contributed by atoms with Gasteiger partial charge in [0.15, 0.2) is 11.6 Å². The average molecular weight is 493 g/mol. The molecule has 4 nitrogen and oxygen atoms in total. The predicted octanol–water partition coefficient (Wildman–Crippen LogP) is 6.38. The van der Waals surface area contributed by atoms with E-state index in [-0.39, 0.29) is 18.3 Å². The summed E-state index contributed by atoms with van der Waals surface area (Å²) in [5.41, 5.74) is 6.85. The Kier molecular flexibility index (Phi) is 7.43. The fraction of sp³-hybridized carbons (Fsp3) is 0.214. The smallest absolute Gasteiger partial charge is 0.227 e. The zero-order valence-corrected chi connectivity index (χ0v) is 20.4. The Morgan fingerprint density at radius 1 is 0.971 bits per heavy atom. The summed E-state index contributed by atoms with van der Waals surface area (Å²) in [6.07, 6.45) is 3.45. The first-order chi connectivity index (χ1) is 16.5.